The van der Waals surface area contributed by atoms with E-state index in [-0.39, 0.29) is 6.10 Å². The Morgan fingerprint density at radius 1 is 1.21 bits per heavy atom. The molecule has 1 atom stereocenters. The molecule has 0 spiro atoms. The van der Waals surface area contributed by atoms with Gasteiger partial charge in [-0.15, -0.1) is 0 Å². The highest BCUT2D eigenvalue weighted by molar-refractivity contribution is 4.82. The van der Waals surface area contributed by atoms with Gasteiger partial charge in [-0.1, -0.05) is 6.42 Å². The van der Waals surface area contributed by atoms with Crippen molar-refractivity contribution in [3.63, 3.8) is 0 Å². The molecule has 0 bridgehead atoms. The molecule has 1 saturated carbocycles. The van der Waals surface area contributed by atoms with E-state index in [1.54, 1.807) is 0 Å². The maximum absolute atomic E-state index is 9.77. The van der Waals surface area contributed by atoms with Crippen molar-refractivity contribution in [1.29, 1.82) is 0 Å². The number of nitrogens with zero attached hydrogens (tertiary/aromatic N) is 1. The second-order valence-corrected chi connectivity index (χ2v) is 4.70. The standard InChI is InChI=1S/C11H22N2O/c14-11(8-12-10-4-5-10)9-13-6-2-1-3-7-13/h10-12,14H,1-9H2. The Labute approximate surface area is 86.5 Å². The monoisotopic (exact) mass is 198 g/mol. The molecule has 0 aromatic heterocycles. The highest BCUT2D eigenvalue weighted by Crippen LogP contribution is 2.18. The Balaban J connectivity index is 1.57. The second kappa shape index (κ2) is 5.10. The molecule has 1 aliphatic heterocycles. The minimum absolute atomic E-state index is 0.173. The van der Waals surface area contributed by atoms with E-state index in [9.17, 15) is 5.11 Å². The van der Waals surface area contributed by atoms with Gasteiger partial charge < -0.3 is 15.3 Å². The molecule has 1 aliphatic carbocycles. The van der Waals surface area contributed by atoms with E-state index in [2.05, 4.69) is 10.2 Å². The van der Waals surface area contributed by atoms with Gasteiger partial charge in [-0.25, -0.2) is 0 Å². The van der Waals surface area contributed by atoms with Crippen LogP contribution in [0.1, 0.15) is 32.1 Å². The number of likely N-dealkylation sites (tertiary alicyclic amines) is 1. The first kappa shape index (κ1) is 10.4. The fourth-order valence-corrected chi connectivity index (χ4v) is 2.09. The summed E-state index contributed by atoms with van der Waals surface area (Å²) in [6.07, 6.45) is 6.42. The van der Waals surface area contributed by atoms with Crippen LogP contribution in [0.25, 0.3) is 0 Å². The van der Waals surface area contributed by atoms with Crippen LogP contribution in [0.4, 0.5) is 0 Å². The van der Waals surface area contributed by atoms with Crippen LogP contribution in [-0.2, 0) is 0 Å². The molecule has 0 aromatic carbocycles. The van der Waals surface area contributed by atoms with Crippen LogP contribution < -0.4 is 5.32 Å². The van der Waals surface area contributed by atoms with Gasteiger partial charge in [0.15, 0.2) is 0 Å². The highest BCUT2D eigenvalue weighted by atomic mass is 16.3. The Morgan fingerprint density at radius 2 is 1.93 bits per heavy atom. The van der Waals surface area contributed by atoms with Crippen molar-refractivity contribution in [1.82, 2.24) is 10.2 Å². The molecule has 2 rings (SSSR count). The quantitative estimate of drug-likeness (QED) is 0.678. The summed E-state index contributed by atoms with van der Waals surface area (Å²) in [5, 5.41) is 13.1. The lowest BCUT2D eigenvalue weighted by Crippen LogP contribution is -2.41. The number of aliphatic hydroxyl groups is 1. The number of piperidine rings is 1. The van der Waals surface area contributed by atoms with Crippen LogP contribution in [0.5, 0.6) is 0 Å². The van der Waals surface area contributed by atoms with Crippen molar-refractivity contribution in [2.24, 2.45) is 0 Å². The van der Waals surface area contributed by atoms with Gasteiger partial charge in [0.25, 0.3) is 0 Å². The molecule has 14 heavy (non-hydrogen) atoms. The summed E-state index contributed by atoms with van der Waals surface area (Å²) < 4.78 is 0. The second-order valence-electron chi connectivity index (χ2n) is 4.70. The smallest absolute Gasteiger partial charge is 0.0791 e. The third-order valence-corrected chi connectivity index (χ3v) is 3.14. The normalized spacial score (nSPS) is 26.4. The van der Waals surface area contributed by atoms with Gasteiger partial charge in [0.1, 0.15) is 0 Å². The zero-order chi connectivity index (χ0) is 9.80. The molecule has 3 heteroatoms. The van der Waals surface area contributed by atoms with Crippen LogP contribution >= 0.6 is 0 Å². The molecule has 2 fully saturated rings. The summed E-state index contributed by atoms with van der Waals surface area (Å²) in [5.74, 6) is 0. The molecule has 1 saturated heterocycles. The molecule has 2 N–H and O–H groups in total. The summed E-state index contributed by atoms with van der Waals surface area (Å²) >= 11 is 0. The van der Waals surface area contributed by atoms with Crippen LogP contribution in [0, 0.1) is 0 Å². The Hall–Kier alpha value is -0.120. The lowest BCUT2D eigenvalue weighted by atomic mass is 10.1. The lowest BCUT2D eigenvalue weighted by molar-refractivity contribution is 0.0999. The largest absolute Gasteiger partial charge is 0.390 e. The molecule has 0 aromatic rings. The fraction of sp³-hybridized carbons (Fsp3) is 1.00. The third-order valence-electron chi connectivity index (χ3n) is 3.14. The van der Waals surface area contributed by atoms with Crippen molar-refractivity contribution in [3.05, 3.63) is 0 Å². The number of hydrogen-bond donors (Lipinski definition) is 2. The van der Waals surface area contributed by atoms with Gasteiger partial charge in [0.05, 0.1) is 6.10 Å². The molecule has 3 nitrogen and oxygen atoms in total. The first-order valence-electron chi connectivity index (χ1n) is 5.98. The Bertz CT molecular complexity index is 165. The van der Waals surface area contributed by atoms with Crippen molar-refractivity contribution in [2.45, 2.75) is 44.2 Å². The number of nitrogens with one attached hydrogen (secondary N) is 1. The minimum Gasteiger partial charge on any atom is -0.390 e. The molecular weight excluding hydrogens is 176 g/mol. The summed E-state index contributed by atoms with van der Waals surface area (Å²) in [7, 11) is 0. The molecule has 1 unspecified atom stereocenters. The van der Waals surface area contributed by atoms with E-state index in [0.717, 1.165) is 13.1 Å². The van der Waals surface area contributed by atoms with E-state index in [0.29, 0.717) is 6.04 Å². The molecule has 1 heterocycles. The van der Waals surface area contributed by atoms with Gasteiger partial charge in [0.2, 0.25) is 0 Å². The zero-order valence-corrected chi connectivity index (χ0v) is 8.91. The third kappa shape index (κ3) is 3.56. The van der Waals surface area contributed by atoms with Crippen molar-refractivity contribution in [3.8, 4) is 0 Å². The summed E-state index contributed by atoms with van der Waals surface area (Å²) in [6.45, 7) is 4.00. The SMILES string of the molecule is OC(CNC1CC1)CN1CCCCC1. The average Bonchev–Trinajstić information content (AvgIpc) is 3.00. The zero-order valence-electron chi connectivity index (χ0n) is 8.91. The van der Waals surface area contributed by atoms with Crippen molar-refractivity contribution < 1.29 is 5.11 Å². The Kier molecular flexibility index (Phi) is 3.79. The summed E-state index contributed by atoms with van der Waals surface area (Å²) in [4.78, 5) is 2.39. The lowest BCUT2D eigenvalue weighted by Gasteiger charge is -2.28. The van der Waals surface area contributed by atoms with Gasteiger partial charge in [-0.2, -0.15) is 0 Å². The number of rotatable bonds is 5. The molecule has 0 radical (unpaired) electrons. The average molecular weight is 198 g/mol. The van der Waals surface area contributed by atoms with Crippen LogP contribution in [-0.4, -0.2) is 48.3 Å². The maximum Gasteiger partial charge on any atom is 0.0791 e. The van der Waals surface area contributed by atoms with E-state index >= 15 is 0 Å². The van der Waals surface area contributed by atoms with Gasteiger partial charge in [-0.3, -0.25) is 0 Å². The predicted octanol–water partition coefficient (Wildman–Crippen LogP) is 0.585. The highest BCUT2D eigenvalue weighted by Gasteiger charge is 2.22. The van der Waals surface area contributed by atoms with Crippen LogP contribution in [0.3, 0.4) is 0 Å². The number of β-amino-alcohol motifs (C(OH)–C–C–N with tert-alkyl or cyclic N) is 1. The Morgan fingerprint density at radius 3 is 2.57 bits per heavy atom. The van der Waals surface area contributed by atoms with E-state index < -0.39 is 0 Å². The predicted molar refractivity (Wildman–Crippen MR) is 57.3 cm³/mol. The van der Waals surface area contributed by atoms with E-state index in [4.69, 9.17) is 0 Å². The van der Waals surface area contributed by atoms with Crippen molar-refractivity contribution in [2.75, 3.05) is 26.2 Å². The summed E-state index contributed by atoms with van der Waals surface area (Å²) in [6, 6.07) is 0.714. The fourth-order valence-electron chi connectivity index (χ4n) is 2.09. The van der Waals surface area contributed by atoms with Crippen LogP contribution in [0.15, 0.2) is 0 Å². The summed E-state index contributed by atoms with van der Waals surface area (Å²) in [5.41, 5.74) is 0. The molecule has 2 aliphatic rings. The molecule has 0 amide bonds. The van der Waals surface area contributed by atoms with E-state index in [1.165, 1.54) is 45.2 Å². The topological polar surface area (TPSA) is 35.5 Å². The molecular formula is C11H22N2O. The van der Waals surface area contributed by atoms with Crippen LogP contribution in [0.2, 0.25) is 0 Å². The number of hydrogen-bond acceptors (Lipinski definition) is 3. The van der Waals surface area contributed by atoms with Gasteiger partial charge in [-0.05, 0) is 38.8 Å². The molecule has 82 valence electrons. The van der Waals surface area contributed by atoms with Gasteiger partial charge in [0, 0.05) is 19.1 Å². The first-order valence-corrected chi connectivity index (χ1v) is 5.98. The minimum atomic E-state index is -0.173. The van der Waals surface area contributed by atoms with Gasteiger partial charge >= 0.3 is 0 Å². The first-order chi connectivity index (χ1) is 6.84. The number of aliphatic hydroxyl groups excluding tert-OH is 1. The maximum atomic E-state index is 9.77. The van der Waals surface area contributed by atoms with E-state index in [1.807, 2.05) is 0 Å². The van der Waals surface area contributed by atoms with Crippen molar-refractivity contribution >= 4 is 0 Å².